The average Bonchev–Trinajstić information content (AvgIpc) is 3.14. The van der Waals surface area contributed by atoms with E-state index in [1.165, 1.54) is 30.3 Å². The number of halogens is 2. The molecular formula is C21H16ClFN4O2S. The van der Waals surface area contributed by atoms with Crippen LogP contribution in [0.4, 0.5) is 10.2 Å². The molecule has 0 saturated heterocycles. The summed E-state index contributed by atoms with van der Waals surface area (Å²) in [4.78, 5) is 4.12. The quantitative estimate of drug-likeness (QED) is 0.453. The minimum Gasteiger partial charge on any atom is -0.275 e. The molecule has 0 bridgehead atoms. The maximum atomic E-state index is 13.6. The number of benzene rings is 2. The Bertz CT molecular complexity index is 1310. The van der Waals surface area contributed by atoms with Crippen LogP contribution in [0.1, 0.15) is 5.56 Å². The lowest BCUT2D eigenvalue weighted by molar-refractivity contribution is 0.601. The first kappa shape index (κ1) is 20.1. The molecule has 0 atom stereocenters. The van der Waals surface area contributed by atoms with Crippen molar-refractivity contribution in [2.24, 2.45) is 0 Å². The lowest BCUT2D eigenvalue weighted by Gasteiger charge is -2.10. The van der Waals surface area contributed by atoms with Crippen LogP contribution in [-0.2, 0) is 10.0 Å². The zero-order chi connectivity index (χ0) is 21.3. The van der Waals surface area contributed by atoms with Crippen molar-refractivity contribution < 1.29 is 12.8 Å². The smallest absolute Gasteiger partial charge is 0.263 e. The SMILES string of the molecule is Cc1ccc(S(=O)(=O)Nc2n[nH]c(-c3ccc(F)c(Cl)c3)c2-c2ccncc2)cc1. The van der Waals surface area contributed by atoms with E-state index in [0.717, 1.165) is 5.56 Å². The third kappa shape index (κ3) is 3.92. The third-order valence-corrected chi connectivity index (χ3v) is 6.15. The molecule has 9 heteroatoms. The van der Waals surface area contributed by atoms with E-state index in [-0.39, 0.29) is 15.7 Å². The van der Waals surface area contributed by atoms with Crippen LogP contribution in [0.15, 0.2) is 71.9 Å². The maximum Gasteiger partial charge on any atom is 0.263 e. The molecular weight excluding hydrogens is 427 g/mol. The molecule has 0 unspecified atom stereocenters. The van der Waals surface area contributed by atoms with Crippen molar-refractivity contribution in [1.29, 1.82) is 0 Å². The van der Waals surface area contributed by atoms with Crippen LogP contribution in [0.5, 0.6) is 0 Å². The standard InChI is InChI=1S/C21H16ClFN4O2S/c1-13-2-5-16(6-3-13)30(28,29)27-21-19(14-8-10-24-11-9-14)20(25-26-21)15-4-7-18(23)17(22)12-15/h2-12H,1H3,(H2,25,26,27). The summed E-state index contributed by atoms with van der Waals surface area (Å²) in [6, 6.07) is 14.2. The molecule has 0 aliphatic carbocycles. The lowest BCUT2D eigenvalue weighted by atomic mass is 10.0. The highest BCUT2D eigenvalue weighted by molar-refractivity contribution is 7.92. The molecule has 30 heavy (non-hydrogen) atoms. The second kappa shape index (κ2) is 7.89. The molecule has 0 fully saturated rings. The van der Waals surface area contributed by atoms with Gasteiger partial charge in [0.1, 0.15) is 5.82 Å². The minimum absolute atomic E-state index is 0.0513. The molecule has 0 spiro atoms. The number of aryl methyl sites for hydroxylation is 1. The zero-order valence-corrected chi connectivity index (χ0v) is 17.3. The molecule has 2 heterocycles. The number of nitrogens with one attached hydrogen (secondary N) is 2. The Morgan fingerprint density at radius 2 is 1.70 bits per heavy atom. The van der Waals surface area contributed by atoms with Crippen LogP contribution in [0.2, 0.25) is 5.02 Å². The number of aromatic nitrogens is 3. The van der Waals surface area contributed by atoms with Gasteiger partial charge in [-0.15, -0.1) is 0 Å². The Morgan fingerprint density at radius 3 is 2.37 bits per heavy atom. The third-order valence-electron chi connectivity index (χ3n) is 4.51. The van der Waals surface area contributed by atoms with E-state index in [4.69, 9.17) is 11.6 Å². The van der Waals surface area contributed by atoms with Crippen LogP contribution >= 0.6 is 11.6 Å². The fourth-order valence-corrected chi connectivity index (χ4v) is 4.17. The summed E-state index contributed by atoms with van der Waals surface area (Å²) in [5.74, 6) is -0.442. The first-order valence-corrected chi connectivity index (χ1v) is 10.7. The summed E-state index contributed by atoms with van der Waals surface area (Å²) in [6.45, 7) is 1.87. The number of rotatable bonds is 5. The zero-order valence-electron chi connectivity index (χ0n) is 15.7. The largest absolute Gasteiger partial charge is 0.275 e. The number of anilines is 1. The number of pyridine rings is 1. The summed E-state index contributed by atoms with van der Waals surface area (Å²) < 4.78 is 41.9. The second-order valence-electron chi connectivity index (χ2n) is 6.61. The highest BCUT2D eigenvalue weighted by Gasteiger charge is 2.22. The number of H-pyrrole nitrogens is 1. The van der Waals surface area contributed by atoms with Crippen LogP contribution in [0, 0.1) is 12.7 Å². The van der Waals surface area contributed by atoms with E-state index in [0.29, 0.717) is 22.4 Å². The van der Waals surface area contributed by atoms with Gasteiger partial charge >= 0.3 is 0 Å². The molecule has 2 aromatic carbocycles. The highest BCUT2D eigenvalue weighted by atomic mass is 35.5. The number of hydrogen-bond donors (Lipinski definition) is 2. The molecule has 0 aliphatic heterocycles. The van der Waals surface area contributed by atoms with Gasteiger partial charge in [0, 0.05) is 18.0 Å². The normalized spacial score (nSPS) is 11.4. The lowest BCUT2D eigenvalue weighted by Crippen LogP contribution is -2.13. The summed E-state index contributed by atoms with van der Waals surface area (Å²) >= 11 is 5.94. The molecule has 0 radical (unpaired) electrons. The summed E-state index contributed by atoms with van der Waals surface area (Å²) in [5, 5.41) is 6.97. The first-order valence-electron chi connectivity index (χ1n) is 8.89. The van der Waals surface area contributed by atoms with Gasteiger partial charge in [0.25, 0.3) is 10.0 Å². The molecule has 2 aromatic heterocycles. The van der Waals surface area contributed by atoms with Crippen molar-refractivity contribution in [3.63, 3.8) is 0 Å². The van der Waals surface area contributed by atoms with Gasteiger partial charge in [0.15, 0.2) is 5.82 Å². The summed E-state index contributed by atoms with van der Waals surface area (Å²) in [5.41, 5.74) is 3.17. The number of hydrogen-bond acceptors (Lipinski definition) is 4. The van der Waals surface area contributed by atoms with Crippen molar-refractivity contribution in [1.82, 2.24) is 15.2 Å². The summed E-state index contributed by atoms with van der Waals surface area (Å²) in [7, 11) is -3.88. The predicted molar refractivity (Wildman–Crippen MR) is 114 cm³/mol. The number of sulfonamides is 1. The van der Waals surface area contributed by atoms with E-state index in [2.05, 4.69) is 19.9 Å². The van der Waals surface area contributed by atoms with E-state index in [1.807, 2.05) is 6.92 Å². The summed E-state index contributed by atoms with van der Waals surface area (Å²) in [6.07, 6.45) is 3.17. The van der Waals surface area contributed by atoms with Gasteiger partial charge in [-0.05, 0) is 55.0 Å². The Labute approximate surface area is 177 Å². The van der Waals surface area contributed by atoms with Gasteiger partial charge in [0.2, 0.25) is 0 Å². The fourth-order valence-electron chi connectivity index (χ4n) is 2.98. The van der Waals surface area contributed by atoms with Crippen molar-refractivity contribution >= 4 is 27.4 Å². The van der Waals surface area contributed by atoms with Crippen LogP contribution in [0.3, 0.4) is 0 Å². The maximum absolute atomic E-state index is 13.6. The number of nitrogens with zero attached hydrogens (tertiary/aromatic N) is 2. The predicted octanol–water partition coefficient (Wildman–Crippen LogP) is 5.04. The van der Waals surface area contributed by atoms with Gasteiger partial charge < -0.3 is 0 Å². The van der Waals surface area contributed by atoms with Gasteiger partial charge in [-0.1, -0.05) is 29.3 Å². The molecule has 0 amide bonds. The second-order valence-corrected chi connectivity index (χ2v) is 8.70. The Hall–Kier alpha value is -3.23. The number of aromatic amines is 1. The van der Waals surface area contributed by atoms with Crippen molar-refractivity contribution in [2.45, 2.75) is 11.8 Å². The van der Waals surface area contributed by atoms with Crippen molar-refractivity contribution in [3.05, 3.63) is 83.4 Å². The molecule has 0 aliphatic rings. The minimum atomic E-state index is -3.88. The van der Waals surface area contributed by atoms with E-state index in [1.54, 1.807) is 36.7 Å². The molecule has 2 N–H and O–H groups in total. The van der Waals surface area contributed by atoms with Crippen LogP contribution in [-0.4, -0.2) is 23.6 Å². The topological polar surface area (TPSA) is 87.7 Å². The molecule has 6 nitrogen and oxygen atoms in total. The molecule has 4 aromatic rings. The molecule has 4 rings (SSSR count). The monoisotopic (exact) mass is 442 g/mol. The highest BCUT2D eigenvalue weighted by Crippen LogP contribution is 2.37. The van der Waals surface area contributed by atoms with Gasteiger partial charge in [0.05, 0.1) is 21.2 Å². The van der Waals surface area contributed by atoms with Gasteiger partial charge in [-0.3, -0.25) is 14.8 Å². The fraction of sp³-hybridized carbons (Fsp3) is 0.0476. The van der Waals surface area contributed by atoms with Crippen LogP contribution < -0.4 is 4.72 Å². The molecule has 0 saturated carbocycles. The van der Waals surface area contributed by atoms with E-state index < -0.39 is 15.8 Å². The van der Waals surface area contributed by atoms with E-state index in [9.17, 15) is 12.8 Å². The average molecular weight is 443 g/mol. The van der Waals surface area contributed by atoms with Gasteiger partial charge in [-0.2, -0.15) is 5.10 Å². The van der Waals surface area contributed by atoms with Crippen molar-refractivity contribution in [2.75, 3.05) is 4.72 Å². The van der Waals surface area contributed by atoms with Gasteiger partial charge in [-0.25, -0.2) is 12.8 Å². The van der Waals surface area contributed by atoms with E-state index >= 15 is 0 Å². The molecule has 152 valence electrons. The Morgan fingerprint density at radius 1 is 1.00 bits per heavy atom. The van der Waals surface area contributed by atoms with Crippen molar-refractivity contribution in [3.8, 4) is 22.4 Å². The Balaban J connectivity index is 1.83. The Kier molecular flexibility index (Phi) is 5.27. The van der Waals surface area contributed by atoms with Crippen LogP contribution in [0.25, 0.3) is 22.4 Å². The first-order chi connectivity index (χ1) is 14.3.